The second-order valence-electron chi connectivity index (χ2n) is 26.6. The van der Waals surface area contributed by atoms with Crippen LogP contribution in [0, 0.1) is 23.7 Å². The number of phosphoric acid groups is 2. The highest BCUT2D eigenvalue weighted by Gasteiger charge is 2.30. The summed E-state index contributed by atoms with van der Waals surface area (Å²) in [4.78, 5) is 72.4. The van der Waals surface area contributed by atoms with E-state index in [9.17, 15) is 43.2 Å². The Labute approximate surface area is 537 Å². The SMILES string of the molecule is CCC(C)CCCCCCCCCCCCCCCCC(=O)O[C@H](COC(=O)CCCCCCCCCCC(C)C)COP(=O)(O)OC[C@@H](O)COP(=O)(O)OC[C@@H](COC(=O)CCCCCCCCC(C)C)OC(=O)CCCCCCCCCC(C)C. The highest BCUT2D eigenvalue weighted by molar-refractivity contribution is 7.47. The van der Waals surface area contributed by atoms with E-state index in [1.54, 1.807) is 0 Å². The monoisotopic (exact) mass is 1300 g/mol. The van der Waals surface area contributed by atoms with Gasteiger partial charge in [0.25, 0.3) is 0 Å². The van der Waals surface area contributed by atoms with Crippen LogP contribution >= 0.6 is 15.6 Å². The third-order valence-corrected chi connectivity index (χ3v) is 18.1. The van der Waals surface area contributed by atoms with E-state index in [2.05, 4.69) is 55.4 Å². The Kier molecular flexibility index (Phi) is 57.6. The number of hydrogen-bond donors (Lipinski definition) is 3. The average molecular weight is 1300 g/mol. The van der Waals surface area contributed by atoms with Crippen molar-refractivity contribution in [1.29, 1.82) is 0 Å². The molecular formula is C69H134O17P2. The third-order valence-electron chi connectivity index (χ3n) is 16.2. The maximum atomic E-state index is 13.0. The lowest BCUT2D eigenvalue weighted by Crippen LogP contribution is -2.30. The Morgan fingerprint density at radius 2 is 0.545 bits per heavy atom. The first-order valence-corrected chi connectivity index (χ1v) is 38.7. The van der Waals surface area contributed by atoms with Crippen LogP contribution in [0.3, 0.4) is 0 Å². The zero-order valence-corrected chi connectivity index (χ0v) is 59.1. The van der Waals surface area contributed by atoms with Crippen LogP contribution in [0.5, 0.6) is 0 Å². The number of ether oxygens (including phenoxy) is 4. The Morgan fingerprint density at radius 1 is 0.318 bits per heavy atom. The number of phosphoric ester groups is 2. The molecule has 0 spiro atoms. The van der Waals surface area contributed by atoms with Crippen molar-refractivity contribution in [3.8, 4) is 0 Å². The van der Waals surface area contributed by atoms with Gasteiger partial charge in [-0.1, -0.05) is 287 Å². The number of aliphatic hydroxyl groups is 1. The number of aliphatic hydroxyl groups excluding tert-OH is 1. The second kappa shape index (κ2) is 58.8. The molecule has 0 rings (SSSR count). The lowest BCUT2D eigenvalue weighted by atomic mass is 9.99. The number of esters is 4. The lowest BCUT2D eigenvalue weighted by Gasteiger charge is -2.21. The molecule has 88 heavy (non-hydrogen) atoms. The van der Waals surface area contributed by atoms with E-state index in [1.165, 1.54) is 135 Å². The van der Waals surface area contributed by atoms with Crippen LogP contribution in [-0.2, 0) is 65.4 Å². The minimum absolute atomic E-state index is 0.102. The molecule has 0 aliphatic rings. The van der Waals surface area contributed by atoms with E-state index in [0.717, 1.165) is 108 Å². The van der Waals surface area contributed by atoms with E-state index in [4.69, 9.17) is 37.0 Å². The molecule has 3 N–H and O–H groups in total. The molecule has 6 atom stereocenters. The number of carbonyl (C=O) groups is 4. The van der Waals surface area contributed by atoms with E-state index in [0.29, 0.717) is 37.5 Å². The van der Waals surface area contributed by atoms with Gasteiger partial charge in [-0.25, -0.2) is 9.13 Å². The van der Waals surface area contributed by atoms with Crippen molar-refractivity contribution in [2.24, 2.45) is 23.7 Å². The van der Waals surface area contributed by atoms with Gasteiger partial charge in [-0.05, 0) is 49.4 Å². The van der Waals surface area contributed by atoms with Gasteiger partial charge in [0.1, 0.15) is 19.3 Å². The van der Waals surface area contributed by atoms with Crippen molar-refractivity contribution < 1.29 is 80.2 Å². The van der Waals surface area contributed by atoms with Gasteiger partial charge in [-0.15, -0.1) is 0 Å². The fraction of sp³-hybridized carbons (Fsp3) is 0.942. The molecule has 0 radical (unpaired) electrons. The van der Waals surface area contributed by atoms with Gasteiger partial charge in [-0.3, -0.25) is 37.3 Å². The molecule has 0 aromatic rings. The predicted molar refractivity (Wildman–Crippen MR) is 354 cm³/mol. The molecule has 3 unspecified atom stereocenters. The summed E-state index contributed by atoms with van der Waals surface area (Å²) >= 11 is 0. The van der Waals surface area contributed by atoms with Gasteiger partial charge in [0, 0.05) is 25.7 Å². The summed E-state index contributed by atoms with van der Waals surface area (Å²) in [5, 5.41) is 10.6. The van der Waals surface area contributed by atoms with Crippen LogP contribution in [0.2, 0.25) is 0 Å². The molecule has 0 bridgehead atoms. The molecule has 0 saturated carbocycles. The summed E-state index contributed by atoms with van der Waals surface area (Å²) in [5.74, 6) is 0.812. The van der Waals surface area contributed by atoms with Crippen molar-refractivity contribution in [1.82, 2.24) is 0 Å². The first-order chi connectivity index (χ1) is 42.1. The van der Waals surface area contributed by atoms with Crippen LogP contribution in [0.25, 0.3) is 0 Å². The van der Waals surface area contributed by atoms with Crippen LogP contribution in [0.4, 0.5) is 0 Å². The topological polar surface area (TPSA) is 237 Å². The second-order valence-corrected chi connectivity index (χ2v) is 29.5. The van der Waals surface area contributed by atoms with Crippen molar-refractivity contribution in [2.75, 3.05) is 39.6 Å². The van der Waals surface area contributed by atoms with Crippen LogP contribution in [0.1, 0.15) is 338 Å². The molecule has 0 amide bonds. The molecule has 19 heteroatoms. The van der Waals surface area contributed by atoms with E-state index >= 15 is 0 Å². The minimum atomic E-state index is -4.95. The largest absolute Gasteiger partial charge is 0.472 e. The first-order valence-electron chi connectivity index (χ1n) is 35.7. The highest BCUT2D eigenvalue weighted by atomic mass is 31.2. The van der Waals surface area contributed by atoms with Gasteiger partial charge >= 0.3 is 39.5 Å². The van der Waals surface area contributed by atoms with Crippen molar-refractivity contribution in [3.63, 3.8) is 0 Å². The molecule has 17 nitrogen and oxygen atoms in total. The summed E-state index contributed by atoms with van der Waals surface area (Å²) in [6.45, 7) is 14.0. The maximum absolute atomic E-state index is 13.0. The number of hydrogen-bond acceptors (Lipinski definition) is 15. The van der Waals surface area contributed by atoms with Crippen LogP contribution < -0.4 is 0 Å². The smallest absolute Gasteiger partial charge is 0.462 e. The zero-order chi connectivity index (χ0) is 65.4. The Hall–Kier alpha value is -1.94. The number of carbonyl (C=O) groups excluding carboxylic acids is 4. The zero-order valence-electron chi connectivity index (χ0n) is 57.3. The van der Waals surface area contributed by atoms with Gasteiger partial charge in [0.05, 0.1) is 26.4 Å². The average Bonchev–Trinajstić information content (AvgIpc) is 3.70. The van der Waals surface area contributed by atoms with Gasteiger partial charge in [0.15, 0.2) is 12.2 Å². The predicted octanol–water partition coefficient (Wildman–Crippen LogP) is 19.3. The standard InChI is InChI=1S/C69H134O17P2/c1-9-62(8)48-40-32-23-16-14-12-10-11-13-15-17-25-35-43-51-68(73)85-64(55-79-66(71)49-41-33-24-19-18-21-29-37-45-59(2)3)57-83-87(75,76)81-53-63(70)54-82-88(77,78)84-58-65(56-80-67(72)50-42-34-28-27-31-39-47-61(6)7)86-69(74)52-44-36-26-20-22-30-38-46-60(4)5/h59-65,70H,9-58H2,1-8H3,(H,75,76)(H,77,78)/t62?,63-,64-,65-/m1/s1. The van der Waals surface area contributed by atoms with Gasteiger partial charge in [-0.2, -0.15) is 0 Å². The van der Waals surface area contributed by atoms with Gasteiger partial charge < -0.3 is 33.8 Å². The molecular weight excluding hydrogens is 1160 g/mol. The molecule has 0 aromatic heterocycles. The molecule has 0 heterocycles. The molecule has 0 fully saturated rings. The molecule has 0 aromatic carbocycles. The van der Waals surface area contributed by atoms with Crippen LogP contribution in [-0.4, -0.2) is 96.7 Å². The number of unbranched alkanes of at least 4 members (excludes halogenated alkanes) is 31. The summed E-state index contributed by atoms with van der Waals surface area (Å²) in [6, 6.07) is 0. The van der Waals surface area contributed by atoms with Crippen LogP contribution in [0.15, 0.2) is 0 Å². The van der Waals surface area contributed by atoms with Crippen molar-refractivity contribution >= 4 is 39.5 Å². The quantitative estimate of drug-likeness (QED) is 0.0222. The molecule has 522 valence electrons. The number of rotatable bonds is 66. The van der Waals surface area contributed by atoms with E-state index < -0.39 is 97.5 Å². The third kappa shape index (κ3) is 61.6. The maximum Gasteiger partial charge on any atom is 0.472 e. The van der Waals surface area contributed by atoms with Gasteiger partial charge in [0.2, 0.25) is 0 Å². The fourth-order valence-corrected chi connectivity index (χ4v) is 11.9. The normalized spacial score (nSPS) is 14.6. The Bertz CT molecular complexity index is 1750. The fourth-order valence-electron chi connectivity index (χ4n) is 10.3. The molecule has 0 aliphatic heterocycles. The van der Waals surface area contributed by atoms with E-state index in [-0.39, 0.29) is 25.7 Å². The minimum Gasteiger partial charge on any atom is -0.462 e. The highest BCUT2D eigenvalue weighted by Crippen LogP contribution is 2.45. The Morgan fingerprint density at radius 3 is 0.807 bits per heavy atom. The summed E-state index contributed by atoms with van der Waals surface area (Å²) < 4.78 is 68.2. The summed E-state index contributed by atoms with van der Waals surface area (Å²) in [5.41, 5.74) is 0. The van der Waals surface area contributed by atoms with Crippen molar-refractivity contribution in [2.45, 2.75) is 356 Å². The molecule has 0 aliphatic carbocycles. The van der Waals surface area contributed by atoms with Crippen molar-refractivity contribution in [3.05, 3.63) is 0 Å². The summed E-state index contributed by atoms with van der Waals surface area (Å²) in [6.07, 6.45) is 40.6. The van der Waals surface area contributed by atoms with E-state index in [1.807, 2.05) is 0 Å². The lowest BCUT2D eigenvalue weighted by molar-refractivity contribution is -0.161. The summed E-state index contributed by atoms with van der Waals surface area (Å²) in [7, 11) is -9.90. The molecule has 0 saturated heterocycles. The Balaban J connectivity index is 5.21. The first kappa shape index (κ1) is 86.1.